The van der Waals surface area contributed by atoms with Crippen molar-refractivity contribution in [3.63, 3.8) is 0 Å². The Kier molecular flexibility index (Phi) is 5.49. The van der Waals surface area contributed by atoms with Crippen molar-refractivity contribution in [3.8, 4) is 5.75 Å². The van der Waals surface area contributed by atoms with Crippen LogP contribution in [-0.2, 0) is 4.79 Å². The van der Waals surface area contributed by atoms with Gasteiger partial charge in [-0.05, 0) is 31.9 Å². The first-order valence-corrected chi connectivity index (χ1v) is 6.48. The molecule has 6 heteroatoms. The maximum absolute atomic E-state index is 11.6. The molecule has 1 rings (SSSR count). The van der Waals surface area contributed by atoms with E-state index in [9.17, 15) is 14.9 Å². The standard InChI is InChI=1S/C14H20N2O4/c1-9(2)11(4)15-14(17)8-20-12-5-6-13(16(18)19)10(3)7-12/h5-7,9,11H,8H2,1-4H3,(H,15,17)/t11-/m0/s1. The number of ether oxygens (including phenoxy) is 1. The lowest BCUT2D eigenvalue weighted by atomic mass is 10.1. The number of hydrogen-bond donors (Lipinski definition) is 1. The summed E-state index contributed by atoms with van der Waals surface area (Å²) in [6.07, 6.45) is 0. The summed E-state index contributed by atoms with van der Waals surface area (Å²) in [7, 11) is 0. The van der Waals surface area contributed by atoms with Crippen LogP contribution in [0.15, 0.2) is 18.2 Å². The average Bonchev–Trinajstić information content (AvgIpc) is 2.35. The summed E-state index contributed by atoms with van der Waals surface area (Å²) in [6.45, 7) is 7.50. The number of nitrogens with zero attached hydrogens (tertiary/aromatic N) is 1. The Morgan fingerprint density at radius 2 is 2.05 bits per heavy atom. The number of nitrogens with one attached hydrogen (secondary N) is 1. The Labute approximate surface area is 118 Å². The van der Waals surface area contributed by atoms with Gasteiger partial charge in [0, 0.05) is 17.7 Å². The molecule has 20 heavy (non-hydrogen) atoms. The molecule has 0 spiro atoms. The Balaban J connectivity index is 2.56. The topological polar surface area (TPSA) is 81.5 Å². The smallest absolute Gasteiger partial charge is 0.272 e. The predicted molar refractivity (Wildman–Crippen MR) is 75.8 cm³/mol. The number of benzene rings is 1. The molecular formula is C14H20N2O4. The molecule has 0 unspecified atom stereocenters. The van der Waals surface area contributed by atoms with Crippen LogP contribution in [0.1, 0.15) is 26.3 Å². The highest BCUT2D eigenvalue weighted by atomic mass is 16.6. The first-order valence-electron chi connectivity index (χ1n) is 6.48. The molecule has 1 N–H and O–H groups in total. The highest BCUT2D eigenvalue weighted by molar-refractivity contribution is 5.77. The number of carbonyl (C=O) groups excluding carboxylic acids is 1. The van der Waals surface area contributed by atoms with Crippen LogP contribution in [0.5, 0.6) is 5.75 Å². The van der Waals surface area contributed by atoms with Crippen LogP contribution < -0.4 is 10.1 Å². The van der Waals surface area contributed by atoms with E-state index in [1.165, 1.54) is 12.1 Å². The number of rotatable bonds is 6. The van der Waals surface area contributed by atoms with Gasteiger partial charge in [0.25, 0.3) is 11.6 Å². The van der Waals surface area contributed by atoms with Crippen LogP contribution in [0.25, 0.3) is 0 Å². The molecule has 0 aliphatic heterocycles. The zero-order valence-corrected chi connectivity index (χ0v) is 12.2. The molecule has 0 heterocycles. The summed E-state index contributed by atoms with van der Waals surface area (Å²) >= 11 is 0. The van der Waals surface area contributed by atoms with Gasteiger partial charge in [-0.3, -0.25) is 14.9 Å². The number of nitro benzene ring substituents is 1. The maximum Gasteiger partial charge on any atom is 0.272 e. The first-order chi connectivity index (χ1) is 9.31. The Hall–Kier alpha value is -2.11. The molecule has 110 valence electrons. The predicted octanol–water partition coefficient (Wildman–Crippen LogP) is 2.44. The second-order valence-corrected chi connectivity index (χ2v) is 5.09. The molecule has 1 atom stereocenters. The average molecular weight is 280 g/mol. The third kappa shape index (κ3) is 4.53. The van der Waals surface area contributed by atoms with E-state index in [0.29, 0.717) is 17.2 Å². The van der Waals surface area contributed by atoms with Gasteiger partial charge >= 0.3 is 0 Å². The van der Waals surface area contributed by atoms with E-state index in [1.54, 1.807) is 13.0 Å². The number of aryl methyl sites for hydroxylation is 1. The zero-order valence-electron chi connectivity index (χ0n) is 12.2. The van der Waals surface area contributed by atoms with Gasteiger partial charge < -0.3 is 10.1 Å². The van der Waals surface area contributed by atoms with E-state index in [2.05, 4.69) is 5.32 Å². The Morgan fingerprint density at radius 3 is 2.55 bits per heavy atom. The number of amides is 1. The summed E-state index contributed by atoms with van der Waals surface area (Å²) < 4.78 is 5.33. The summed E-state index contributed by atoms with van der Waals surface area (Å²) in [5, 5.41) is 13.5. The van der Waals surface area contributed by atoms with Crippen molar-refractivity contribution in [2.45, 2.75) is 33.7 Å². The molecule has 1 aromatic rings. The minimum absolute atomic E-state index is 0.0373. The Morgan fingerprint density at radius 1 is 1.40 bits per heavy atom. The SMILES string of the molecule is Cc1cc(OCC(=O)N[C@@H](C)C(C)C)ccc1[N+](=O)[O-]. The maximum atomic E-state index is 11.6. The van der Waals surface area contributed by atoms with Crippen LogP contribution in [0.4, 0.5) is 5.69 Å². The lowest BCUT2D eigenvalue weighted by Crippen LogP contribution is -2.38. The fraction of sp³-hybridized carbons (Fsp3) is 0.500. The van der Waals surface area contributed by atoms with E-state index in [1.807, 2.05) is 20.8 Å². The highest BCUT2D eigenvalue weighted by Gasteiger charge is 2.13. The normalized spacial score (nSPS) is 12.1. The lowest BCUT2D eigenvalue weighted by Gasteiger charge is -2.17. The van der Waals surface area contributed by atoms with E-state index in [-0.39, 0.29) is 24.2 Å². The largest absolute Gasteiger partial charge is 0.484 e. The van der Waals surface area contributed by atoms with Crippen LogP contribution >= 0.6 is 0 Å². The third-order valence-electron chi connectivity index (χ3n) is 3.12. The van der Waals surface area contributed by atoms with E-state index < -0.39 is 4.92 Å². The monoisotopic (exact) mass is 280 g/mol. The molecule has 0 fully saturated rings. The van der Waals surface area contributed by atoms with Gasteiger partial charge in [0.2, 0.25) is 0 Å². The van der Waals surface area contributed by atoms with Gasteiger partial charge in [0.1, 0.15) is 5.75 Å². The van der Waals surface area contributed by atoms with Crippen LogP contribution in [-0.4, -0.2) is 23.5 Å². The molecule has 0 saturated heterocycles. The highest BCUT2D eigenvalue weighted by Crippen LogP contribution is 2.22. The molecule has 6 nitrogen and oxygen atoms in total. The first kappa shape index (κ1) is 15.9. The molecule has 0 bridgehead atoms. The summed E-state index contributed by atoms with van der Waals surface area (Å²) in [5.74, 6) is 0.586. The summed E-state index contributed by atoms with van der Waals surface area (Å²) in [6, 6.07) is 4.49. The van der Waals surface area contributed by atoms with E-state index in [4.69, 9.17) is 4.74 Å². The molecule has 0 aliphatic carbocycles. The van der Waals surface area contributed by atoms with Crippen molar-refractivity contribution < 1.29 is 14.5 Å². The van der Waals surface area contributed by atoms with Crippen molar-refractivity contribution in [3.05, 3.63) is 33.9 Å². The summed E-state index contributed by atoms with van der Waals surface area (Å²) in [5.41, 5.74) is 0.540. The fourth-order valence-electron chi connectivity index (χ4n) is 1.53. The van der Waals surface area contributed by atoms with Crippen molar-refractivity contribution in [1.82, 2.24) is 5.32 Å². The van der Waals surface area contributed by atoms with Gasteiger partial charge in [-0.1, -0.05) is 13.8 Å². The van der Waals surface area contributed by atoms with Gasteiger partial charge in [-0.2, -0.15) is 0 Å². The molecule has 0 radical (unpaired) electrons. The molecule has 0 aromatic heterocycles. The summed E-state index contributed by atoms with van der Waals surface area (Å²) in [4.78, 5) is 21.9. The minimum Gasteiger partial charge on any atom is -0.484 e. The van der Waals surface area contributed by atoms with Gasteiger partial charge in [0.15, 0.2) is 6.61 Å². The van der Waals surface area contributed by atoms with E-state index in [0.717, 1.165) is 0 Å². The number of nitro groups is 1. The van der Waals surface area contributed by atoms with Gasteiger partial charge in [0.05, 0.1) is 4.92 Å². The number of carbonyl (C=O) groups is 1. The van der Waals surface area contributed by atoms with Crippen molar-refractivity contribution in [2.75, 3.05) is 6.61 Å². The number of hydrogen-bond acceptors (Lipinski definition) is 4. The quantitative estimate of drug-likeness (QED) is 0.641. The van der Waals surface area contributed by atoms with Crippen LogP contribution in [0.2, 0.25) is 0 Å². The third-order valence-corrected chi connectivity index (χ3v) is 3.12. The van der Waals surface area contributed by atoms with Crippen LogP contribution in [0.3, 0.4) is 0 Å². The van der Waals surface area contributed by atoms with Crippen molar-refractivity contribution >= 4 is 11.6 Å². The molecule has 1 aromatic carbocycles. The molecule has 0 aliphatic rings. The lowest BCUT2D eigenvalue weighted by molar-refractivity contribution is -0.385. The zero-order chi connectivity index (χ0) is 15.3. The second kappa shape index (κ2) is 6.88. The minimum atomic E-state index is -0.448. The molecule has 1 amide bonds. The Bertz CT molecular complexity index is 500. The van der Waals surface area contributed by atoms with Gasteiger partial charge in [-0.15, -0.1) is 0 Å². The van der Waals surface area contributed by atoms with E-state index >= 15 is 0 Å². The van der Waals surface area contributed by atoms with Crippen molar-refractivity contribution in [2.24, 2.45) is 5.92 Å². The van der Waals surface area contributed by atoms with Gasteiger partial charge in [-0.25, -0.2) is 0 Å². The van der Waals surface area contributed by atoms with Crippen molar-refractivity contribution in [1.29, 1.82) is 0 Å². The molecule has 0 saturated carbocycles. The second-order valence-electron chi connectivity index (χ2n) is 5.09. The van der Waals surface area contributed by atoms with Crippen LogP contribution in [0, 0.1) is 23.0 Å². The molecular weight excluding hydrogens is 260 g/mol. The fourth-order valence-corrected chi connectivity index (χ4v) is 1.53.